The van der Waals surface area contributed by atoms with Crippen LogP contribution in [0.1, 0.15) is 6.42 Å². The summed E-state index contributed by atoms with van der Waals surface area (Å²) in [6, 6.07) is 0. The van der Waals surface area contributed by atoms with Gasteiger partial charge in [-0.25, -0.2) is 0 Å². The van der Waals surface area contributed by atoms with Gasteiger partial charge in [0.1, 0.15) is 0 Å². The first-order valence-corrected chi connectivity index (χ1v) is 6.14. The van der Waals surface area contributed by atoms with Crippen LogP contribution in [0.3, 0.4) is 0 Å². The van der Waals surface area contributed by atoms with E-state index in [1.807, 2.05) is 23.5 Å². The fraction of sp³-hybridized carbons (Fsp3) is 1.00. The lowest BCUT2D eigenvalue weighted by Crippen LogP contribution is -2.04. The minimum absolute atomic E-state index is 0.666. The van der Waals surface area contributed by atoms with Gasteiger partial charge in [-0.15, -0.1) is 11.6 Å². The zero-order valence-electron chi connectivity index (χ0n) is 5.89. The molecule has 0 aromatic carbocycles. The van der Waals surface area contributed by atoms with Crippen molar-refractivity contribution >= 4 is 35.1 Å². The van der Waals surface area contributed by atoms with E-state index in [1.165, 1.54) is 12.2 Å². The average molecular weight is 185 g/mol. The second-order valence-corrected chi connectivity index (χ2v) is 4.23. The number of thioether (sulfide) groups is 2. The Hall–Kier alpha value is 0.990. The van der Waals surface area contributed by atoms with Crippen LogP contribution in [-0.2, 0) is 0 Å². The third kappa shape index (κ3) is 5.43. The molecule has 0 aromatic heterocycles. The maximum atomic E-state index is 5.67. The molecule has 0 amide bonds. The Labute approximate surface area is 71.1 Å². The number of hydrogen-bond donors (Lipinski definition) is 0. The standard InChI is InChI=1S/C6H13ClS2/c1-8-4-3-6(5-7)9-2/h6H,3-5H2,1-2H3. The van der Waals surface area contributed by atoms with E-state index >= 15 is 0 Å². The van der Waals surface area contributed by atoms with E-state index in [4.69, 9.17) is 11.6 Å². The Bertz CT molecular complexity index is 55.0. The Morgan fingerprint density at radius 1 is 1.44 bits per heavy atom. The third-order valence-electron chi connectivity index (χ3n) is 1.15. The highest BCUT2D eigenvalue weighted by atomic mass is 35.5. The van der Waals surface area contributed by atoms with Gasteiger partial charge in [0, 0.05) is 11.1 Å². The first-order chi connectivity index (χ1) is 4.35. The van der Waals surface area contributed by atoms with Crippen LogP contribution in [0.25, 0.3) is 0 Å². The van der Waals surface area contributed by atoms with Crippen LogP contribution in [0.2, 0.25) is 0 Å². The first-order valence-electron chi connectivity index (χ1n) is 2.92. The molecule has 1 atom stereocenters. The molecule has 56 valence electrons. The number of rotatable bonds is 5. The zero-order valence-corrected chi connectivity index (χ0v) is 8.28. The monoisotopic (exact) mass is 184 g/mol. The molecule has 0 fully saturated rings. The number of hydrogen-bond acceptors (Lipinski definition) is 2. The third-order valence-corrected chi connectivity index (χ3v) is 3.42. The SMILES string of the molecule is CSCCC(CCl)SC. The van der Waals surface area contributed by atoms with E-state index in [0.717, 1.165) is 5.88 Å². The summed E-state index contributed by atoms with van der Waals surface area (Å²) in [6.45, 7) is 0. The second-order valence-electron chi connectivity index (χ2n) is 1.79. The molecule has 0 saturated heterocycles. The molecular formula is C6H13ClS2. The Morgan fingerprint density at radius 2 is 2.11 bits per heavy atom. The minimum Gasteiger partial charge on any atom is -0.165 e. The van der Waals surface area contributed by atoms with Crippen molar-refractivity contribution in [2.75, 3.05) is 24.1 Å². The summed E-state index contributed by atoms with van der Waals surface area (Å²) < 4.78 is 0. The van der Waals surface area contributed by atoms with E-state index in [1.54, 1.807) is 0 Å². The van der Waals surface area contributed by atoms with E-state index in [-0.39, 0.29) is 0 Å². The van der Waals surface area contributed by atoms with Crippen LogP contribution in [0, 0.1) is 0 Å². The molecule has 3 heteroatoms. The molecule has 0 aromatic rings. The summed E-state index contributed by atoms with van der Waals surface area (Å²) in [5.41, 5.74) is 0. The fourth-order valence-electron chi connectivity index (χ4n) is 0.507. The van der Waals surface area contributed by atoms with Crippen LogP contribution < -0.4 is 0 Å². The molecule has 0 radical (unpaired) electrons. The Morgan fingerprint density at radius 3 is 2.44 bits per heavy atom. The van der Waals surface area contributed by atoms with Crippen molar-refractivity contribution in [2.24, 2.45) is 0 Å². The number of halogens is 1. The predicted molar refractivity (Wildman–Crippen MR) is 51.0 cm³/mol. The lowest BCUT2D eigenvalue weighted by Gasteiger charge is -2.07. The van der Waals surface area contributed by atoms with Crippen LogP contribution in [0.15, 0.2) is 0 Å². The summed E-state index contributed by atoms with van der Waals surface area (Å²) in [6.07, 6.45) is 5.49. The maximum absolute atomic E-state index is 5.67. The van der Waals surface area contributed by atoms with Crippen LogP contribution in [0.4, 0.5) is 0 Å². The molecule has 9 heavy (non-hydrogen) atoms. The fourth-order valence-corrected chi connectivity index (χ4v) is 2.19. The molecule has 0 spiro atoms. The van der Waals surface area contributed by atoms with E-state index in [0.29, 0.717) is 5.25 Å². The van der Waals surface area contributed by atoms with Crippen molar-refractivity contribution in [1.82, 2.24) is 0 Å². The quantitative estimate of drug-likeness (QED) is 0.603. The summed E-state index contributed by atoms with van der Waals surface area (Å²) in [4.78, 5) is 0. The summed E-state index contributed by atoms with van der Waals surface area (Å²) >= 11 is 9.43. The van der Waals surface area contributed by atoms with Crippen LogP contribution in [0.5, 0.6) is 0 Å². The first kappa shape index (κ1) is 9.99. The highest BCUT2D eigenvalue weighted by molar-refractivity contribution is 7.99. The smallest absolute Gasteiger partial charge is 0.0342 e. The predicted octanol–water partition coefficient (Wildman–Crippen LogP) is 2.71. The summed E-state index contributed by atoms with van der Waals surface area (Å²) in [5.74, 6) is 2.03. The molecule has 1 unspecified atom stereocenters. The van der Waals surface area contributed by atoms with Gasteiger partial charge in [-0.2, -0.15) is 23.5 Å². The van der Waals surface area contributed by atoms with Crippen molar-refractivity contribution in [3.05, 3.63) is 0 Å². The lowest BCUT2D eigenvalue weighted by atomic mass is 10.4. The van der Waals surface area contributed by atoms with Gasteiger partial charge in [0.15, 0.2) is 0 Å². The van der Waals surface area contributed by atoms with Gasteiger partial charge in [0.25, 0.3) is 0 Å². The largest absolute Gasteiger partial charge is 0.165 e. The van der Waals surface area contributed by atoms with Gasteiger partial charge in [-0.05, 0) is 24.7 Å². The van der Waals surface area contributed by atoms with Crippen molar-refractivity contribution in [1.29, 1.82) is 0 Å². The Kier molecular flexibility index (Phi) is 7.88. The van der Waals surface area contributed by atoms with Gasteiger partial charge in [0.05, 0.1) is 0 Å². The topological polar surface area (TPSA) is 0 Å². The van der Waals surface area contributed by atoms with Gasteiger partial charge in [-0.1, -0.05) is 0 Å². The zero-order chi connectivity index (χ0) is 7.11. The lowest BCUT2D eigenvalue weighted by molar-refractivity contribution is 0.927. The van der Waals surface area contributed by atoms with Crippen molar-refractivity contribution < 1.29 is 0 Å². The summed E-state index contributed by atoms with van der Waals surface area (Å²) in [5, 5.41) is 0.666. The molecule has 0 nitrogen and oxygen atoms in total. The highest BCUT2D eigenvalue weighted by Crippen LogP contribution is 2.14. The molecule has 0 bridgehead atoms. The molecule has 0 rings (SSSR count). The van der Waals surface area contributed by atoms with E-state index < -0.39 is 0 Å². The molecule has 0 aliphatic heterocycles. The van der Waals surface area contributed by atoms with Gasteiger partial charge in [0.2, 0.25) is 0 Å². The van der Waals surface area contributed by atoms with Crippen LogP contribution in [-0.4, -0.2) is 29.4 Å². The summed E-state index contributed by atoms with van der Waals surface area (Å²) in [7, 11) is 0. The molecule has 0 heterocycles. The molecule has 0 N–H and O–H groups in total. The van der Waals surface area contributed by atoms with Crippen LogP contribution >= 0.6 is 35.1 Å². The molecule has 0 aliphatic rings. The van der Waals surface area contributed by atoms with Gasteiger partial charge >= 0.3 is 0 Å². The van der Waals surface area contributed by atoms with Crippen molar-refractivity contribution in [3.63, 3.8) is 0 Å². The normalized spacial score (nSPS) is 13.7. The molecular weight excluding hydrogens is 172 g/mol. The highest BCUT2D eigenvalue weighted by Gasteiger charge is 2.02. The number of alkyl halides is 1. The van der Waals surface area contributed by atoms with Crippen molar-refractivity contribution in [2.45, 2.75) is 11.7 Å². The minimum atomic E-state index is 0.666. The Balaban J connectivity index is 3.09. The van der Waals surface area contributed by atoms with Crippen molar-refractivity contribution in [3.8, 4) is 0 Å². The average Bonchev–Trinajstić information content (AvgIpc) is 1.91. The maximum Gasteiger partial charge on any atom is 0.0342 e. The molecule has 0 saturated carbocycles. The van der Waals surface area contributed by atoms with Gasteiger partial charge < -0.3 is 0 Å². The van der Waals surface area contributed by atoms with E-state index in [2.05, 4.69) is 12.5 Å². The molecule has 0 aliphatic carbocycles. The van der Waals surface area contributed by atoms with E-state index in [9.17, 15) is 0 Å². The second kappa shape index (κ2) is 7.10. The van der Waals surface area contributed by atoms with Gasteiger partial charge in [-0.3, -0.25) is 0 Å².